The van der Waals surface area contributed by atoms with Crippen LogP contribution in [0.1, 0.15) is 52.9 Å². The van der Waals surface area contributed by atoms with E-state index in [0.717, 1.165) is 26.7 Å². The van der Waals surface area contributed by atoms with Crippen LogP contribution in [0.15, 0.2) is 0 Å². The maximum absolute atomic E-state index is 11.5. The van der Waals surface area contributed by atoms with Gasteiger partial charge in [-0.15, -0.1) is 0 Å². The minimum atomic E-state index is -1.33. The fraction of sp³-hybridized carbons (Fsp3) is 0.789. The zero-order valence-corrected chi connectivity index (χ0v) is 17.5. The summed E-state index contributed by atoms with van der Waals surface area (Å²) in [5.74, 6) is -2.75. The van der Waals surface area contributed by atoms with E-state index >= 15 is 0 Å². The van der Waals surface area contributed by atoms with Gasteiger partial charge in [0, 0.05) is 27.2 Å². The van der Waals surface area contributed by atoms with Crippen LogP contribution in [-0.2, 0) is 38.1 Å². The van der Waals surface area contributed by atoms with E-state index in [0.29, 0.717) is 19.4 Å². The smallest absolute Gasteiger partial charge is 0.303 e. The molecule has 0 saturated carbocycles. The number of ether oxygens (including phenoxy) is 4. The van der Waals surface area contributed by atoms with Crippen LogP contribution in [0, 0.1) is 0 Å². The number of unbranched alkanes of at least 4 members (excludes halogenated alkanes) is 3. The number of carboxylic acids is 1. The Morgan fingerprint density at radius 2 is 1.50 bits per heavy atom. The first-order valence-electron chi connectivity index (χ1n) is 9.88. The molecule has 1 rings (SSSR count). The average molecular weight is 433 g/mol. The first-order chi connectivity index (χ1) is 14.1. The van der Waals surface area contributed by atoms with Crippen LogP contribution in [0.5, 0.6) is 0 Å². The highest BCUT2D eigenvalue weighted by atomic mass is 16.6. The number of rotatable bonds is 12. The summed E-state index contributed by atoms with van der Waals surface area (Å²) in [4.78, 5) is 44.7. The third-order valence-electron chi connectivity index (χ3n) is 4.38. The lowest BCUT2D eigenvalue weighted by atomic mass is 9.97. The summed E-state index contributed by atoms with van der Waals surface area (Å²) in [7, 11) is 0. The topological polar surface area (TPSA) is 158 Å². The lowest BCUT2D eigenvalue weighted by Gasteiger charge is -2.43. The van der Waals surface area contributed by atoms with Gasteiger partial charge < -0.3 is 29.2 Å². The van der Waals surface area contributed by atoms with Crippen molar-refractivity contribution < 1.29 is 48.3 Å². The van der Waals surface area contributed by atoms with Crippen molar-refractivity contribution in [2.24, 2.45) is 0 Å². The monoisotopic (exact) mass is 433 g/mol. The van der Waals surface area contributed by atoms with Crippen molar-refractivity contribution in [3.8, 4) is 0 Å². The minimum absolute atomic E-state index is 0.122. The predicted molar refractivity (Wildman–Crippen MR) is 101 cm³/mol. The van der Waals surface area contributed by atoms with Crippen LogP contribution in [-0.4, -0.2) is 77.9 Å². The van der Waals surface area contributed by atoms with Crippen LogP contribution >= 0.6 is 0 Å². The summed E-state index contributed by atoms with van der Waals surface area (Å²) in [6.07, 6.45) is -2.68. The summed E-state index contributed by atoms with van der Waals surface area (Å²) in [5.41, 5.74) is 0. The number of hydrogen-bond acceptors (Lipinski definition) is 10. The second kappa shape index (κ2) is 13.1. The van der Waals surface area contributed by atoms with Crippen molar-refractivity contribution >= 4 is 23.9 Å². The number of carboxylic acid groups (broad SMARTS) is 1. The van der Waals surface area contributed by atoms with Gasteiger partial charge in [-0.1, -0.05) is 12.8 Å². The molecule has 1 saturated heterocycles. The highest BCUT2D eigenvalue weighted by molar-refractivity contribution is 5.68. The Morgan fingerprint density at radius 1 is 0.900 bits per heavy atom. The van der Waals surface area contributed by atoms with Gasteiger partial charge >= 0.3 is 23.9 Å². The minimum Gasteiger partial charge on any atom is -0.481 e. The van der Waals surface area contributed by atoms with Crippen molar-refractivity contribution in [3.05, 3.63) is 0 Å². The van der Waals surface area contributed by atoms with E-state index in [1.165, 1.54) is 6.92 Å². The summed E-state index contributed by atoms with van der Waals surface area (Å²) < 4.78 is 21.1. The highest BCUT2D eigenvalue weighted by Gasteiger charge is 2.49. The van der Waals surface area contributed by atoms with Crippen molar-refractivity contribution in [2.75, 3.05) is 13.2 Å². The van der Waals surface area contributed by atoms with Crippen molar-refractivity contribution in [3.63, 3.8) is 0 Å². The third kappa shape index (κ3) is 9.51. The van der Waals surface area contributed by atoms with Gasteiger partial charge in [0.2, 0.25) is 0 Å². The van der Waals surface area contributed by atoms with Crippen LogP contribution in [0.2, 0.25) is 0 Å². The predicted octanol–water partition coefficient (Wildman–Crippen LogP) is 0.123. The molecule has 0 aromatic heterocycles. The van der Waals surface area contributed by atoms with E-state index in [9.17, 15) is 24.3 Å². The molecule has 0 unspecified atom stereocenters. The molecular weight excluding hydrogens is 402 g/mol. The standard InChI is InChI=1S/C19H31NO10/c1-11(21)27-10-14-17(28-12(2)22)18(29-13(3)23)16(26)19(30-14)20-9-7-5-4-6-8-15(24)25/h14,16-20,26H,4-10H2,1-3H3,(H,24,25)/t14-,16-,17+,18-,19-/m1/s1. The van der Waals surface area contributed by atoms with Crippen LogP contribution in [0.4, 0.5) is 0 Å². The lowest BCUT2D eigenvalue weighted by Crippen LogP contribution is -2.64. The number of aliphatic hydroxyl groups is 1. The summed E-state index contributed by atoms with van der Waals surface area (Å²) in [6.45, 7) is 3.72. The molecule has 11 nitrogen and oxygen atoms in total. The number of carbonyl (C=O) groups excluding carboxylic acids is 3. The highest BCUT2D eigenvalue weighted by Crippen LogP contribution is 2.26. The van der Waals surface area contributed by atoms with E-state index in [1.807, 2.05) is 0 Å². The molecule has 1 fully saturated rings. The normalized spacial score (nSPS) is 25.9. The molecule has 0 aliphatic carbocycles. The lowest BCUT2D eigenvalue weighted by molar-refractivity contribution is -0.252. The number of aliphatic hydroxyl groups excluding tert-OH is 1. The molecule has 0 amide bonds. The SMILES string of the molecule is CC(=O)OC[C@H]1O[C@@H](NCCCCCCC(=O)O)[C@H](O)[C@@H](OC(C)=O)[C@H]1OC(C)=O. The number of carbonyl (C=O) groups is 4. The largest absolute Gasteiger partial charge is 0.481 e. The van der Waals surface area contributed by atoms with Gasteiger partial charge in [0.25, 0.3) is 0 Å². The third-order valence-corrected chi connectivity index (χ3v) is 4.38. The van der Waals surface area contributed by atoms with Crippen LogP contribution < -0.4 is 5.32 Å². The second-order valence-electron chi connectivity index (χ2n) is 7.05. The number of esters is 3. The first-order valence-corrected chi connectivity index (χ1v) is 9.88. The van der Waals surface area contributed by atoms with E-state index in [-0.39, 0.29) is 13.0 Å². The Hall–Kier alpha value is -2.24. The maximum atomic E-state index is 11.5. The molecule has 0 aromatic rings. The van der Waals surface area contributed by atoms with Crippen molar-refractivity contribution in [2.45, 2.75) is 83.5 Å². The second-order valence-corrected chi connectivity index (χ2v) is 7.05. The molecule has 30 heavy (non-hydrogen) atoms. The molecule has 0 aromatic carbocycles. The van der Waals surface area contributed by atoms with Crippen LogP contribution in [0.3, 0.4) is 0 Å². The molecule has 0 spiro atoms. The maximum Gasteiger partial charge on any atom is 0.303 e. The molecule has 0 bridgehead atoms. The number of nitrogens with one attached hydrogen (secondary N) is 1. The zero-order chi connectivity index (χ0) is 22.7. The molecule has 5 atom stereocenters. The molecule has 3 N–H and O–H groups in total. The Kier molecular flexibility index (Phi) is 11.3. The molecule has 172 valence electrons. The van der Waals surface area contributed by atoms with Gasteiger partial charge in [-0.2, -0.15) is 0 Å². The molecule has 1 aliphatic rings. The van der Waals surface area contributed by atoms with Gasteiger partial charge in [-0.3, -0.25) is 24.5 Å². The number of aliphatic carboxylic acids is 1. The Morgan fingerprint density at radius 3 is 2.07 bits per heavy atom. The molecule has 11 heteroatoms. The van der Waals surface area contributed by atoms with E-state index in [4.69, 9.17) is 24.1 Å². The van der Waals surface area contributed by atoms with Gasteiger partial charge in [0.15, 0.2) is 12.2 Å². The summed E-state index contributed by atoms with van der Waals surface area (Å²) in [5, 5.41) is 22.3. The summed E-state index contributed by atoms with van der Waals surface area (Å²) in [6, 6.07) is 0. The first kappa shape index (κ1) is 25.8. The Bertz CT molecular complexity index is 596. The van der Waals surface area contributed by atoms with Crippen molar-refractivity contribution in [1.29, 1.82) is 0 Å². The van der Waals surface area contributed by atoms with Gasteiger partial charge in [-0.05, 0) is 19.4 Å². The van der Waals surface area contributed by atoms with Crippen LogP contribution in [0.25, 0.3) is 0 Å². The zero-order valence-electron chi connectivity index (χ0n) is 17.5. The fourth-order valence-electron chi connectivity index (χ4n) is 3.09. The van der Waals surface area contributed by atoms with Gasteiger partial charge in [-0.25, -0.2) is 0 Å². The van der Waals surface area contributed by atoms with Gasteiger partial charge in [0.05, 0.1) is 0 Å². The average Bonchev–Trinajstić information content (AvgIpc) is 2.63. The Labute approximate surface area is 175 Å². The molecule has 1 heterocycles. The number of hydrogen-bond donors (Lipinski definition) is 3. The molecule has 1 aliphatic heterocycles. The van der Waals surface area contributed by atoms with E-state index in [2.05, 4.69) is 5.32 Å². The summed E-state index contributed by atoms with van der Waals surface area (Å²) >= 11 is 0. The fourth-order valence-corrected chi connectivity index (χ4v) is 3.09. The van der Waals surface area contributed by atoms with Gasteiger partial charge in [0.1, 0.15) is 25.0 Å². The molecular formula is C19H31NO10. The van der Waals surface area contributed by atoms with E-state index in [1.54, 1.807) is 0 Å². The quantitative estimate of drug-likeness (QED) is 0.218. The van der Waals surface area contributed by atoms with Crippen molar-refractivity contribution in [1.82, 2.24) is 5.32 Å². The Balaban J connectivity index is 2.74. The van der Waals surface area contributed by atoms with E-state index < -0.39 is 54.5 Å². The molecule has 0 radical (unpaired) electrons.